The van der Waals surface area contributed by atoms with E-state index in [-0.39, 0.29) is 17.0 Å². The standard InChI is InChI=1S/C21H26N10O3S/c1-28-12-17(25-13-28)35(32,33)30-10-15(11-30)31-3-2-16-18(14-8-23-20(22)24-9-14)26-21(27-19(16)31)29-4-6-34-7-5-29/h8-9,12-13,15H,2-7,10-11H2,1H3,(H2,22,23,24). The average molecular weight is 499 g/mol. The number of fused-ring (bicyclic) bond motifs is 1. The van der Waals surface area contributed by atoms with Crippen molar-refractivity contribution in [1.82, 2.24) is 33.8 Å². The van der Waals surface area contributed by atoms with Gasteiger partial charge in [-0.2, -0.15) is 9.29 Å². The molecule has 0 aliphatic carbocycles. The zero-order valence-corrected chi connectivity index (χ0v) is 20.1. The molecule has 3 aliphatic heterocycles. The number of sulfonamides is 1. The second-order valence-corrected chi connectivity index (χ2v) is 10.8. The van der Waals surface area contributed by atoms with Gasteiger partial charge in [0.1, 0.15) is 5.82 Å². The molecule has 13 nitrogen and oxygen atoms in total. The van der Waals surface area contributed by atoms with Gasteiger partial charge in [-0.15, -0.1) is 0 Å². The Morgan fingerprint density at radius 3 is 2.49 bits per heavy atom. The fourth-order valence-electron chi connectivity index (χ4n) is 4.69. The normalized spacial score (nSPS) is 19.1. The summed E-state index contributed by atoms with van der Waals surface area (Å²) in [4.78, 5) is 26.5. The Labute approximate surface area is 202 Å². The summed E-state index contributed by atoms with van der Waals surface area (Å²) >= 11 is 0. The molecule has 3 aromatic rings. The van der Waals surface area contributed by atoms with Crippen LogP contribution in [0.5, 0.6) is 0 Å². The first-order valence-corrected chi connectivity index (χ1v) is 12.9. The van der Waals surface area contributed by atoms with Gasteiger partial charge in [-0.05, 0) is 6.42 Å². The van der Waals surface area contributed by atoms with Gasteiger partial charge in [-0.1, -0.05) is 0 Å². The number of imidazole rings is 1. The molecule has 14 heteroatoms. The highest BCUT2D eigenvalue weighted by Crippen LogP contribution is 2.38. The van der Waals surface area contributed by atoms with Crippen LogP contribution < -0.4 is 15.5 Å². The molecule has 184 valence electrons. The van der Waals surface area contributed by atoms with Crippen molar-refractivity contribution in [2.45, 2.75) is 17.5 Å². The molecule has 2 saturated heterocycles. The van der Waals surface area contributed by atoms with Crippen LogP contribution in [-0.4, -0.2) is 94.2 Å². The van der Waals surface area contributed by atoms with Crippen molar-refractivity contribution in [2.24, 2.45) is 7.05 Å². The summed E-state index contributed by atoms with van der Waals surface area (Å²) in [7, 11) is -1.86. The number of anilines is 3. The Hall–Kier alpha value is -3.36. The summed E-state index contributed by atoms with van der Waals surface area (Å²) in [6.07, 6.45) is 7.13. The monoisotopic (exact) mass is 498 g/mol. The number of aryl methyl sites for hydroxylation is 1. The Morgan fingerprint density at radius 1 is 1.06 bits per heavy atom. The molecule has 0 radical (unpaired) electrons. The molecule has 0 spiro atoms. The zero-order chi connectivity index (χ0) is 24.2. The van der Waals surface area contributed by atoms with E-state index in [0.29, 0.717) is 45.3 Å². The van der Waals surface area contributed by atoms with Crippen LogP contribution in [0.1, 0.15) is 5.56 Å². The van der Waals surface area contributed by atoms with E-state index in [1.54, 1.807) is 24.0 Å². The molecular weight excluding hydrogens is 472 g/mol. The molecule has 0 saturated carbocycles. The van der Waals surface area contributed by atoms with Gasteiger partial charge in [0.05, 0.1) is 31.3 Å². The maximum Gasteiger partial charge on any atom is 0.262 e. The van der Waals surface area contributed by atoms with E-state index in [1.807, 2.05) is 0 Å². The number of morpholine rings is 1. The largest absolute Gasteiger partial charge is 0.378 e. The van der Waals surface area contributed by atoms with Crippen LogP contribution in [0.4, 0.5) is 17.7 Å². The van der Waals surface area contributed by atoms with E-state index in [4.69, 9.17) is 20.4 Å². The van der Waals surface area contributed by atoms with Gasteiger partial charge in [0.15, 0.2) is 5.03 Å². The quantitative estimate of drug-likeness (QED) is 0.486. The number of nitrogen functional groups attached to an aromatic ring is 1. The minimum atomic E-state index is -3.61. The molecule has 2 N–H and O–H groups in total. The van der Waals surface area contributed by atoms with Gasteiger partial charge in [-0.25, -0.2) is 28.4 Å². The molecule has 35 heavy (non-hydrogen) atoms. The van der Waals surface area contributed by atoms with Crippen molar-refractivity contribution < 1.29 is 13.2 Å². The van der Waals surface area contributed by atoms with E-state index in [9.17, 15) is 8.42 Å². The number of nitrogens with two attached hydrogens (primary N) is 1. The fraction of sp³-hybridized carbons (Fsp3) is 0.476. The lowest BCUT2D eigenvalue weighted by Crippen LogP contribution is -2.61. The third kappa shape index (κ3) is 3.86. The van der Waals surface area contributed by atoms with Crippen LogP contribution in [0.2, 0.25) is 0 Å². The van der Waals surface area contributed by atoms with Gasteiger partial charge in [-0.3, -0.25) is 0 Å². The Bertz CT molecular complexity index is 1350. The Morgan fingerprint density at radius 2 is 1.80 bits per heavy atom. The van der Waals surface area contributed by atoms with E-state index < -0.39 is 10.0 Å². The van der Waals surface area contributed by atoms with Crippen LogP contribution >= 0.6 is 0 Å². The SMILES string of the molecule is Cn1cnc(S(=O)(=O)N2CC(N3CCc4c(-c5cnc(N)nc5)nc(N5CCOCC5)nc43)C2)c1. The van der Waals surface area contributed by atoms with E-state index in [0.717, 1.165) is 35.6 Å². The van der Waals surface area contributed by atoms with Gasteiger partial charge in [0.2, 0.25) is 11.9 Å². The number of rotatable bonds is 5. The molecule has 0 bridgehead atoms. The van der Waals surface area contributed by atoms with Gasteiger partial charge in [0, 0.05) is 69.5 Å². The van der Waals surface area contributed by atoms with Crippen molar-refractivity contribution in [3.63, 3.8) is 0 Å². The smallest absolute Gasteiger partial charge is 0.262 e. The van der Waals surface area contributed by atoms with Crippen molar-refractivity contribution in [1.29, 1.82) is 0 Å². The highest BCUT2D eigenvalue weighted by atomic mass is 32.2. The van der Waals surface area contributed by atoms with Crippen LogP contribution in [0, 0.1) is 0 Å². The number of hydrogen-bond donors (Lipinski definition) is 1. The van der Waals surface area contributed by atoms with Crippen LogP contribution in [0.25, 0.3) is 11.3 Å². The Kier molecular flexibility index (Phi) is 5.30. The third-order valence-corrected chi connectivity index (χ3v) is 8.36. The average Bonchev–Trinajstić information content (AvgIpc) is 3.46. The number of nitrogens with zero attached hydrogens (tertiary/aromatic N) is 9. The molecular formula is C21H26N10O3S. The van der Waals surface area contributed by atoms with Crippen LogP contribution in [0.3, 0.4) is 0 Å². The predicted octanol–water partition coefficient (Wildman–Crippen LogP) is -0.478. The summed E-state index contributed by atoms with van der Waals surface area (Å²) in [5.41, 5.74) is 8.28. The maximum atomic E-state index is 12.9. The highest BCUT2D eigenvalue weighted by molar-refractivity contribution is 7.89. The summed E-state index contributed by atoms with van der Waals surface area (Å²) in [6, 6.07) is 0.0256. The number of ether oxygens (including phenoxy) is 1. The van der Waals surface area contributed by atoms with E-state index in [1.165, 1.54) is 16.8 Å². The van der Waals surface area contributed by atoms with Crippen molar-refractivity contribution in [2.75, 3.05) is 61.5 Å². The highest BCUT2D eigenvalue weighted by Gasteiger charge is 2.43. The topological polar surface area (TPSA) is 148 Å². The first-order chi connectivity index (χ1) is 16.9. The summed E-state index contributed by atoms with van der Waals surface area (Å²) in [5.74, 6) is 1.68. The molecule has 3 aliphatic rings. The van der Waals surface area contributed by atoms with Crippen LogP contribution in [0.15, 0.2) is 29.9 Å². The predicted molar refractivity (Wildman–Crippen MR) is 127 cm³/mol. The molecule has 6 heterocycles. The van der Waals surface area contributed by atoms with Gasteiger partial charge >= 0.3 is 0 Å². The van der Waals surface area contributed by atoms with Crippen molar-refractivity contribution in [3.8, 4) is 11.3 Å². The maximum absolute atomic E-state index is 12.9. The van der Waals surface area contributed by atoms with E-state index >= 15 is 0 Å². The van der Waals surface area contributed by atoms with Crippen LogP contribution in [-0.2, 0) is 28.2 Å². The second kappa shape index (κ2) is 8.39. The second-order valence-electron chi connectivity index (χ2n) is 8.90. The van der Waals surface area contributed by atoms with Crippen molar-refractivity contribution in [3.05, 3.63) is 30.5 Å². The van der Waals surface area contributed by atoms with Gasteiger partial charge in [0.25, 0.3) is 10.0 Å². The first kappa shape index (κ1) is 22.1. The lowest BCUT2D eigenvalue weighted by Gasteiger charge is -2.43. The van der Waals surface area contributed by atoms with Gasteiger partial charge < -0.3 is 24.8 Å². The minimum Gasteiger partial charge on any atom is -0.378 e. The molecule has 0 unspecified atom stereocenters. The number of aromatic nitrogens is 6. The zero-order valence-electron chi connectivity index (χ0n) is 19.3. The molecule has 0 atom stereocenters. The van der Waals surface area contributed by atoms with E-state index in [2.05, 4.69) is 24.8 Å². The lowest BCUT2D eigenvalue weighted by molar-refractivity contribution is 0.122. The Balaban J connectivity index is 1.31. The summed E-state index contributed by atoms with van der Waals surface area (Å²) in [5, 5.41) is 0.0721. The molecule has 6 rings (SSSR count). The molecule has 0 amide bonds. The summed E-state index contributed by atoms with van der Waals surface area (Å²) in [6.45, 7) is 4.15. The summed E-state index contributed by atoms with van der Waals surface area (Å²) < 4.78 is 34.4. The van der Waals surface area contributed by atoms with Crippen molar-refractivity contribution >= 4 is 27.7 Å². The minimum absolute atomic E-state index is 0.0256. The third-order valence-electron chi connectivity index (χ3n) is 6.64. The molecule has 2 fully saturated rings. The number of hydrogen-bond acceptors (Lipinski definition) is 11. The fourth-order valence-corrected chi connectivity index (χ4v) is 6.17. The lowest BCUT2D eigenvalue weighted by atomic mass is 10.1. The molecule has 0 aromatic carbocycles. The first-order valence-electron chi connectivity index (χ1n) is 11.5. The molecule has 3 aromatic heterocycles.